The van der Waals surface area contributed by atoms with E-state index in [1.165, 1.54) is 78.9 Å². The number of ether oxygens (including phenoxy) is 1. The van der Waals surface area contributed by atoms with Gasteiger partial charge in [0.1, 0.15) is 11.9 Å². The zero-order chi connectivity index (χ0) is 22.0. The monoisotopic (exact) mass is 529 g/mol. The van der Waals surface area contributed by atoms with E-state index in [1.54, 1.807) is 7.11 Å². The van der Waals surface area contributed by atoms with Gasteiger partial charge < -0.3 is 21.7 Å². The van der Waals surface area contributed by atoms with Crippen LogP contribution in [0.4, 0.5) is 0 Å². The number of nitrogens with zero attached hydrogens (tertiary/aromatic N) is 1. The molecule has 2 rings (SSSR count). The van der Waals surface area contributed by atoms with Crippen molar-refractivity contribution in [2.45, 2.75) is 78.9 Å². The van der Waals surface area contributed by atoms with Crippen molar-refractivity contribution in [3.05, 3.63) is 50.1 Å². The van der Waals surface area contributed by atoms with Gasteiger partial charge in [-0.15, -0.1) is 0 Å². The SMILES string of the molecule is CCCC[P+](CCCC)(CCCC)Cc1c(C)sc(=O)n1Cc1ccc(OC)cc1.[Br-]. The van der Waals surface area contributed by atoms with Crippen LogP contribution in [0, 0.1) is 6.92 Å². The van der Waals surface area contributed by atoms with Crippen molar-refractivity contribution < 1.29 is 21.7 Å². The Bertz CT molecular complexity index is 794. The minimum Gasteiger partial charge on any atom is -1.00 e. The predicted molar refractivity (Wildman–Crippen MR) is 135 cm³/mol. The van der Waals surface area contributed by atoms with Gasteiger partial charge in [-0.3, -0.25) is 9.36 Å². The van der Waals surface area contributed by atoms with E-state index >= 15 is 0 Å². The summed E-state index contributed by atoms with van der Waals surface area (Å²) in [5.41, 5.74) is 2.48. The van der Waals surface area contributed by atoms with E-state index in [-0.39, 0.29) is 21.9 Å². The summed E-state index contributed by atoms with van der Waals surface area (Å²) in [6, 6.07) is 8.13. The van der Waals surface area contributed by atoms with Gasteiger partial charge in [0.25, 0.3) is 0 Å². The van der Waals surface area contributed by atoms with Crippen molar-refractivity contribution in [3.8, 4) is 5.75 Å². The minimum atomic E-state index is -1.10. The third-order valence-corrected chi connectivity index (χ3v) is 11.8. The van der Waals surface area contributed by atoms with Crippen molar-refractivity contribution in [3.63, 3.8) is 0 Å². The second-order valence-electron chi connectivity index (χ2n) is 8.54. The number of hydrogen-bond acceptors (Lipinski definition) is 3. The number of methoxy groups -OCH3 is 1. The van der Waals surface area contributed by atoms with Crippen LogP contribution in [0.5, 0.6) is 5.75 Å². The third kappa shape index (κ3) is 8.33. The maximum atomic E-state index is 12.9. The molecule has 0 saturated carbocycles. The summed E-state index contributed by atoms with van der Waals surface area (Å²) in [5, 5.41) is 0. The number of benzene rings is 1. The summed E-state index contributed by atoms with van der Waals surface area (Å²) in [6.07, 6.45) is 13.1. The second kappa shape index (κ2) is 14.5. The number of hydrogen-bond donors (Lipinski definition) is 0. The number of unbranched alkanes of at least 4 members (excludes halogenated alkanes) is 3. The van der Waals surface area contributed by atoms with Crippen LogP contribution in [0.2, 0.25) is 0 Å². The van der Waals surface area contributed by atoms with E-state index in [0.717, 1.165) is 17.5 Å². The molecule has 0 saturated heterocycles. The topological polar surface area (TPSA) is 31.2 Å². The first kappa shape index (κ1) is 28.4. The first-order valence-corrected chi connectivity index (χ1v) is 15.0. The zero-order valence-corrected chi connectivity index (χ0v) is 23.4. The number of thiazole rings is 1. The summed E-state index contributed by atoms with van der Waals surface area (Å²) >= 11 is 1.44. The molecule has 0 N–H and O–H groups in total. The molecule has 6 heteroatoms. The van der Waals surface area contributed by atoms with Crippen LogP contribution >= 0.6 is 18.6 Å². The molecule has 0 aliphatic rings. The first-order chi connectivity index (χ1) is 14.5. The Balaban J connectivity index is 0.00000480. The highest BCUT2D eigenvalue weighted by Crippen LogP contribution is 2.63. The lowest BCUT2D eigenvalue weighted by Crippen LogP contribution is -3.00. The minimum absolute atomic E-state index is 0. The number of rotatable bonds is 14. The van der Waals surface area contributed by atoms with Crippen LogP contribution < -0.4 is 26.6 Å². The van der Waals surface area contributed by atoms with Crippen molar-refractivity contribution in [1.82, 2.24) is 4.57 Å². The number of halogens is 1. The Morgan fingerprint density at radius 1 is 0.935 bits per heavy atom. The summed E-state index contributed by atoms with van der Waals surface area (Å²) in [7, 11) is 0.588. The first-order valence-electron chi connectivity index (χ1n) is 11.7. The van der Waals surface area contributed by atoms with Gasteiger partial charge in [0, 0.05) is 12.1 Å². The van der Waals surface area contributed by atoms with Crippen LogP contribution in [0.3, 0.4) is 0 Å². The fourth-order valence-corrected chi connectivity index (χ4v) is 10.3. The Morgan fingerprint density at radius 3 is 1.90 bits per heavy atom. The highest BCUT2D eigenvalue weighted by atomic mass is 79.9. The van der Waals surface area contributed by atoms with Crippen molar-refractivity contribution >= 4 is 18.6 Å². The van der Waals surface area contributed by atoms with Gasteiger partial charge in [0.05, 0.1) is 37.8 Å². The molecule has 1 aromatic carbocycles. The number of aromatic nitrogens is 1. The number of aryl methyl sites for hydroxylation is 1. The molecule has 1 aromatic heterocycles. The standard InChI is InChI=1S/C25H41NO2PS.BrH/c1-6-9-16-29(17-10-7-2,18-11-8-3)20-24-21(4)30-25(27)26(24)19-22-12-14-23(28-5)15-13-22;/h12-15H,6-11,16-20H2,1-5H3;1H/q+1;/p-1. The molecule has 0 spiro atoms. The Morgan fingerprint density at radius 2 is 1.45 bits per heavy atom. The average molecular weight is 531 g/mol. The fraction of sp³-hybridized carbons (Fsp3) is 0.640. The lowest BCUT2D eigenvalue weighted by Gasteiger charge is -2.28. The van der Waals surface area contributed by atoms with Gasteiger partial charge in [0.2, 0.25) is 0 Å². The van der Waals surface area contributed by atoms with Crippen molar-refractivity contribution in [2.24, 2.45) is 0 Å². The Hall–Kier alpha value is -0.640. The van der Waals surface area contributed by atoms with Gasteiger partial charge in [-0.05, 0) is 43.9 Å². The molecule has 3 nitrogen and oxygen atoms in total. The van der Waals surface area contributed by atoms with Gasteiger partial charge in [-0.1, -0.05) is 63.5 Å². The maximum Gasteiger partial charge on any atom is 0.307 e. The van der Waals surface area contributed by atoms with E-state index in [4.69, 9.17) is 4.74 Å². The van der Waals surface area contributed by atoms with E-state index in [1.807, 2.05) is 12.1 Å². The van der Waals surface area contributed by atoms with Gasteiger partial charge in [0.15, 0.2) is 0 Å². The predicted octanol–water partition coefficient (Wildman–Crippen LogP) is 4.20. The molecule has 0 bridgehead atoms. The van der Waals surface area contributed by atoms with E-state index in [0.29, 0.717) is 6.54 Å². The van der Waals surface area contributed by atoms with Gasteiger partial charge >= 0.3 is 4.87 Å². The Labute approximate surface area is 204 Å². The smallest absolute Gasteiger partial charge is 0.307 e. The third-order valence-electron chi connectivity index (χ3n) is 6.14. The molecular weight excluding hydrogens is 489 g/mol. The fourth-order valence-electron chi connectivity index (χ4n) is 4.19. The Kier molecular flexibility index (Phi) is 13.3. The molecule has 0 fully saturated rings. The molecule has 31 heavy (non-hydrogen) atoms. The molecule has 0 aliphatic heterocycles. The molecule has 0 aliphatic carbocycles. The van der Waals surface area contributed by atoms with Crippen LogP contribution in [0.1, 0.15) is 75.4 Å². The normalized spacial score (nSPS) is 11.4. The molecule has 176 valence electrons. The molecule has 0 radical (unpaired) electrons. The lowest BCUT2D eigenvalue weighted by molar-refractivity contribution is -0.00000690. The van der Waals surface area contributed by atoms with Crippen molar-refractivity contribution in [1.29, 1.82) is 0 Å². The summed E-state index contributed by atoms with van der Waals surface area (Å²) in [6.45, 7) is 9.75. The molecule has 2 aromatic rings. The van der Waals surface area contributed by atoms with Crippen LogP contribution in [-0.4, -0.2) is 30.2 Å². The summed E-state index contributed by atoms with van der Waals surface area (Å²) < 4.78 is 7.36. The second-order valence-corrected chi connectivity index (χ2v) is 14.0. The molecule has 0 amide bonds. The van der Waals surface area contributed by atoms with E-state index in [2.05, 4.69) is 44.4 Å². The highest BCUT2D eigenvalue weighted by Gasteiger charge is 2.37. The zero-order valence-electron chi connectivity index (χ0n) is 20.1. The highest BCUT2D eigenvalue weighted by molar-refractivity contribution is 7.75. The van der Waals surface area contributed by atoms with Crippen molar-refractivity contribution in [2.75, 3.05) is 25.6 Å². The molecule has 0 unspecified atom stereocenters. The van der Waals surface area contributed by atoms with E-state index in [9.17, 15) is 4.79 Å². The van der Waals surface area contributed by atoms with E-state index < -0.39 is 7.26 Å². The lowest BCUT2D eigenvalue weighted by atomic mass is 10.2. The molecule has 1 heterocycles. The van der Waals surface area contributed by atoms with Crippen LogP contribution in [-0.2, 0) is 12.7 Å². The molecular formula is C25H41BrNO2PS. The van der Waals surface area contributed by atoms with Crippen LogP contribution in [0.15, 0.2) is 29.1 Å². The quantitative estimate of drug-likeness (QED) is 0.343. The summed E-state index contributed by atoms with van der Waals surface area (Å²) in [5.74, 6) is 0.858. The largest absolute Gasteiger partial charge is 1.00 e. The summed E-state index contributed by atoms with van der Waals surface area (Å²) in [4.78, 5) is 14.3. The maximum absolute atomic E-state index is 12.9. The molecule has 0 atom stereocenters. The van der Waals surface area contributed by atoms with Crippen LogP contribution in [0.25, 0.3) is 0 Å². The average Bonchev–Trinajstić information content (AvgIpc) is 3.01. The van der Waals surface area contributed by atoms with Gasteiger partial charge in [-0.25, -0.2) is 0 Å². The van der Waals surface area contributed by atoms with Gasteiger partial charge in [-0.2, -0.15) is 0 Å².